The third-order valence-electron chi connectivity index (χ3n) is 3.27. The van der Waals surface area contributed by atoms with Gasteiger partial charge >= 0.3 is 12.0 Å². The fraction of sp³-hybridized carbons (Fsp3) is 0.846. The van der Waals surface area contributed by atoms with Crippen molar-refractivity contribution in [1.82, 2.24) is 10.2 Å². The Morgan fingerprint density at radius 2 is 1.62 bits per heavy atom. The summed E-state index contributed by atoms with van der Waals surface area (Å²) in [6, 6.07) is -0.472. The topological polar surface area (TPSA) is 104 Å². The quantitative estimate of drug-likeness (QED) is 0.762. The average molecular weight is 322 g/mol. The average Bonchev–Trinajstić information content (AvgIpc) is 2.22. The van der Waals surface area contributed by atoms with Gasteiger partial charge in [0, 0.05) is 24.9 Å². The van der Waals surface area contributed by atoms with Crippen LogP contribution in [0.15, 0.2) is 0 Å². The molecule has 0 fully saturated rings. The van der Waals surface area contributed by atoms with E-state index in [1.807, 2.05) is 0 Å². The number of carboxylic acids is 1. The Hall–Kier alpha value is -1.31. The zero-order valence-corrected chi connectivity index (χ0v) is 14.4. The Morgan fingerprint density at radius 3 is 1.95 bits per heavy atom. The number of carbonyl (C=O) groups is 2. The molecule has 0 unspecified atom stereocenters. The first kappa shape index (κ1) is 19.7. The Labute approximate surface area is 126 Å². The fourth-order valence-corrected chi connectivity index (χ4v) is 1.80. The predicted octanol–water partition coefficient (Wildman–Crippen LogP) is 1.09. The van der Waals surface area contributed by atoms with Crippen molar-refractivity contribution >= 4 is 21.8 Å². The van der Waals surface area contributed by atoms with Gasteiger partial charge in [-0.2, -0.15) is 0 Å². The molecule has 0 aliphatic rings. The molecule has 0 atom stereocenters. The minimum Gasteiger partial charge on any atom is -0.481 e. The van der Waals surface area contributed by atoms with Crippen molar-refractivity contribution < 1.29 is 23.1 Å². The molecule has 0 saturated heterocycles. The highest BCUT2D eigenvalue weighted by molar-refractivity contribution is 7.92. The summed E-state index contributed by atoms with van der Waals surface area (Å²) in [7, 11) is -3.31. The van der Waals surface area contributed by atoms with Gasteiger partial charge < -0.3 is 15.3 Å². The van der Waals surface area contributed by atoms with Crippen molar-refractivity contribution in [2.24, 2.45) is 0 Å². The highest BCUT2D eigenvalue weighted by Crippen LogP contribution is 2.16. The molecule has 0 aromatic carbocycles. The standard InChI is InChI=1S/C13H26N2O5S/c1-12(2,3)15(8-7-10(16)17)11(18)14-9-13(4,5)21(6,19)20/h7-9H2,1-6H3,(H,14,18)(H,16,17). The summed E-state index contributed by atoms with van der Waals surface area (Å²) in [5, 5.41) is 11.3. The summed E-state index contributed by atoms with van der Waals surface area (Å²) in [5.41, 5.74) is -0.561. The number of nitrogens with one attached hydrogen (secondary N) is 1. The molecule has 7 nitrogen and oxygen atoms in total. The molecule has 124 valence electrons. The van der Waals surface area contributed by atoms with E-state index in [9.17, 15) is 18.0 Å². The fourth-order valence-electron chi connectivity index (χ4n) is 1.46. The Kier molecular flexibility index (Phi) is 6.22. The van der Waals surface area contributed by atoms with Gasteiger partial charge in [0.25, 0.3) is 0 Å². The lowest BCUT2D eigenvalue weighted by atomic mass is 10.1. The van der Waals surface area contributed by atoms with Gasteiger partial charge in [-0.1, -0.05) is 0 Å². The lowest BCUT2D eigenvalue weighted by Gasteiger charge is -2.36. The maximum atomic E-state index is 12.2. The second kappa shape index (κ2) is 6.64. The zero-order chi connectivity index (χ0) is 17.1. The van der Waals surface area contributed by atoms with E-state index in [1.54, 1.807) is 20.8 Å². The van der Waals surface area contributed by atoms with Crippen LogP contribution in [0.2, 0.25) is 0 Å². The van der Waals surface area contributed by atoms with Crippen LogP contribution in [0, 0.1) is 0 Å². The van der Waals surface area contributed by atoms with Crippen molar-refractivity contribution in [1.29, 1.82) is 0 Å². The summed E-state index contributed by atoms with van der Waals surface area (Å²) in [6.07, 6.45) is 0.950. The molecule has 0 bridgehead atoms. The second-order valence-electron chi connectivity index (χ2n) is 6.66. The van der Waals surface area contributed by atoms with Crippen LogP contribution in [-0.4, -0.2) is 60.1 Å². The summed E-state index contributed by atoms with van der Waals surface area (Å²) in [4.78, 5) is 24.3. The van der Waals surface area contributed by atoms with Gasteiger partial charge in [-0.25, -0.2) is 13.2 Å². The van der Waals surface area contributed by atoms with Crippen molar-refractivity contribution in [3.05, 3.63) is 0 Å². The minimum atomic E-state index is -3.31. The highest BCUT2D eigenvalue weighted by Gasteiger charge is 2.33. The van der Waals surface area contributed by atoms with E-state index < -0.39 is 32.1 Å². The van der Waals surface area contributed by atoms with Crippen LogP contribution in [0.4, 0.5) is 4.79 Å². The van der Waals surface area contributed by atoms with Gasteiger partial charge in [0.2, 0.25) is 0 Å². The number of rotatable bonds is 6. The molecule has 0 aromatic rings. The number of carbonyl (C=O) groups excluding carboxylic acids is 1. The summed E-state index contributed by atoms with van der Waals surface area (Å²) in [5.74, 6) is -0.992. The number of nitrogens with zero attached hydrogens (tertiary/aromatic N) is 1. The number of aliphatic carboxylic acids is 1. The van der Waals surface area contributed by atoms with E-state index in [1.165, 1.54) is 18.7 Å². The van der Waals surface area contributed by atoms with E-state index in [0.29, 0.717) is 0 Å². The molecule has 2 N–H and O–H groups in total. The van der Waals surface area contributed by atoms with Crippen LogP contribution < -0.4 is 5.32 Å². The lowest BCUT2D eigenvalue weighted by Crippen LogP contribution is -2.54. The Bertz CT molecular complexity index is 491. The summed E-state index contributed by atoms with van der Waals surface area (Å²) >= 11 is 0. The Morgan fingerprint density at radius 1 is 1.14 bits per heavy atom. The molecule has 0 spiro atoms. The van der Waals surface area contributed by atoms with Crippen LogP contribution in [-0.2, 0) is 14.6 Å². The molecule has 0 rings (SSSR count). The van der Waals surface area contributed by atoms with Gasteiger partial charge in [0.05, 0.1) is 11.2 Å². The normalized spacial score (nSPS) is 12.9. The van der Waals surface area contributed by atoms with Crippen molar-refractivity contribution in [2.75, 3.05) is 19.3 Å². The van der Waals surface area contributed by atoms with Crippen LogP contribution >= 0.6 is 0 Å². The molecule has 0 aromatic heterocycles. The van der Waals surface area contributed by atoms with Crippen molar-refractivity contribution in [3.8, 4) is 0 Å². The van der Waals surface area contributed by atoms with Crippen LogP contribution in [0.25, 0.3) is 0 Å². The van der Waals surface area contributed by atoms with Gasteiger partial charge in [-0.15, -0.1) is 0 Å². The second-order valence-corrected chi connectivity index (χ2v) is 9.31. The molecular weight excluding hydrogens is 296 g/mol. The van der Waals surface area contributed by atoms with Crippen LogP contribution in [0.1, 0.15) is 41.0 Å². The Balaban J connectivity index is 4.89. The third-order valence-corrected chi connectivity index (χ3v) is 5.43. The molecular formula is C13H26N2O5S. The molecule has 0 saturated carbocycles. The number of hydrogen-bond donors (Lipinski definition) is 2. The molecule has 0 radical (unpaired) electrons. The third kappa shape index (κ3) is 6.33. The first-order valence-corrected chi connectivity index (χ1v) is 8.54. The number of urea groups is 1. The molecule has 2 amide bonds. The molecule has 0 heterocycles. The van der Waals surface area contributed by atoms with E-state index in [-0.39, 0.29) is 19.5 Å². The monoisotopic (exact) mass is 322 g/mol. The van der Waals surface area contributed by atoms with Gasteiger partial charge in [0.1, 0.15) is 0 Å². The first-order chi connectivity index (χ1) is 9.18. The number of amides is 2. The molecule has 8 heteroatoms. The number of carboxylic acid groups (broad SMARTS) is 1. The van der Waals surface area contributed by atoms with E-state index in [0.717, 1.165) is 6.26 Å². The van der Waals surface area contributed by atoms with Crippen molar-refractivity contribution in [2.45, 2.75) is 51.3 Å². The summed E-state index contributed by atoms with van der Waals surface area (Å²) < 4.78 is 22.1. The first-order valence-electron chi connectivity index (χ1n) is 6.65. The highest BCUT2D eigenvalue weighted by atomic mass is 32.2. The largest absolute Gasteiger partial charge is 0.481 e. The zero-order valence-electron chi connectivity index (χ0n) is 13.6. The predicted molar refractivity (Wildman–Crippen MR) is 81.0 cm³/mol. The van der Waals surface area contributed by atoms with Gasteiger partial charge in [-0.3, -0.25) is 4.79 Å². The SMILES string of the molecule is CC(C)(C)N(CCC(=O)O)C(=O)NCC(C)(C)S(C)(=O)=O. The van der Waals surface area contributed by atoms with E-state index in [4.69, 9.17) is 5.11 Å². The van der Waals surface area contributed by atoms with E-state index in [2.05, 4.69) is 5.32 Å². The van der Waals surface area contributed by atoms with E-state index >= 15 is 0 Å². The lowest BCUT2D eigenvalue weighted by molar-refractivity contribution is -0.137. The minimum absolute atomic E-state index is 0.0374. The van der Waals surface area contributed by atoms with Crippen molar-refractivity contribution in [3.63, 3.8) is 0 Å². The molecule has 21 heavy (non-hydrogen) atoms. The van der Waals surface area contributed by atoms with Crippen LogP contribution in [0.5, 0.6) is 0 Å². The molecule has 0 aliphatic carbocycles. The van der Waals surface area contributed by atoms with Gasteiger partial charge in [0.15, 0.2) is 9.84 Å². The number of sulfone groups is 1. The summed E-state index contributed by atoms with van der Waals surface area (Å²) in [6.45, 7) is 8.44. The van der Waals surface area contributed by atoms with Crippen LogP contribution in [0.3, 0.4) is 0 Å². The number of hydrogen-bond acceptors (Lipinski definition) is 4. The molecule has 0 aliphatic heterocycles. The van der Waals surface area contributed by atoms with Gasteiger partial charge in [-0.05, 0) is 34.6 Å². The maximum Gasteiger partial charge on any atom is 0.317 e. The maximum absolute atomic E-state index is 12.2. The smallest absolute Gasteiger partial charge is 0.317 e.